The lowest BCUT2D eigenvalue weighted by molar-refractivity contribution is -0.383. The molecule has 12 heteroatoms. The van der Waals surface area contributed by atoms with Gasteiger partial charge in [-0.3, -0.25) is 19.5 Å². The highest BCUT2D eigenvalue weighted by Gasteiger charge is 2.38. The smallest absolute Gasteiger partial charge is 0.320 e. The number of para-hydroxylation sites is 2. The monoisotopic (exact) mass is 502 g/mol. The molecule has 0 unspecified atom stereocenters. The summed E-state index contributed by atoms with van der Waals surface area (Å²) in [4.78, 5) is 26.8. The summed E-state index contributed by atoms with van der Waals surface area (Å²) in [5.41, 5.74) is -2.40. The molecule has 0 spiro atoms. The number of aromatic nitrogens is 2. The topological polar surface area (TPSA) is 90.1 Å². The van der Waals surface area contributed by atoms with Crippen molar-refractivity contribution in [3.05, 3.63) is 89.8 Å². The minimum absolute atomic E-state index is 0.116. The molecule has 7 nitrogen and oxygen atoms in total. The second-order valence-electron chi connectivity index (χ2n) is 6.01. The van der Waals surface area contributed by atoms with Crippen LogP contribution in [0.25, 0.3) is 0 Å². The summed E-state index contributed by atoms with van der Waals surface area (Å²) in [6.07, 6.45) is -4.92. The molecule has 0 aliphatic carbocycles. The second-order valence-corrected chi connectivity index (χ2v) is 7.24. The quantitative estimate of drug-likeness (QED) is 0.373. The Bertz CT molecular complexity index is 1170. The van der Waals surface area contributed by atoms with Gasteiger partial charge in [0.15, 0.2) is 5.69 Å². The number of halogens is 5. The second kappa shape index (κ2) is 8.44. The van der Waals surface area contributed by atoms with Crippen LogP contribution < -0.4 is 10.9 Å². The fraction of sp³-hybridized carbons (Fsp3) is 0.111. The minimum atomic E-state index is -4.92. The normalized spacial score (nSPS) is 11.4. The van der Waals surface area contributed by atoms with Crippen molar-refractivity contribution < 1.29 is 18.1 Å². The van der Waals surface area contributed by atoms with Gasteiger partial charge in [-0.1, -0.05) is 35.9 Å². The molecule has 3 rings (SSSR count). The highest BCUT2D eigenvalue weighted by molar-refractivity contribution is 9.10. The van der Waals surface area contributed by atoms with E-state index < -0.39 is 32.8 Å². The number of nitrogens with zero attached hydrogens (tertiary/aromatic N) is 3. The van der Waals surface area contributed by atoms with Crippen molar-refractivity contribution >= 4 is 44.9 Å². The van der Waals surface area contributed by atoms with Gasteiger partial charge in [-0.2, -0.15) is 13.2 Å². The van der Waals surface area contributed by atoms with E-state index in [9.17, 15) is 28.1 Å². The predicted octanol–water partition coefficient (Wildman–Crippen LogP) is 5.38. The maximum absolute atomic E-state index is 13.4. The molecule has 30 heavy (non-hydrogen) atoms. The highest BCUT2D eigenvalue weighted by Crippen LogP contribution is 2.34. The zero-order valence-electron chi connectivity index (χ0n) is 14.8. The zero-order chi connectivity index (χ0) is 22.1. The number of nitrogens with one attached hydrogen (secondary N) is 1. The Kier molecular flexibility index (Phi) is 6.13. The number of nitro groups is 1. The largest absolute Gasteiger partial charge is 0.434 e. The minimum Gasteiger partial charge on any atom is -0.320 e. The summed E-state index contributed by atoms with van der Waals surface area (Å²) >= 11 is 8.51. The summed E-state index contributed by atoms with van der Waals surface area (Å²) in [7, 11) is 0. The number of benzene rings is 2. The van der Waals surface area contributed by atoms with Crippen molar-refractivity contribution in [3.63, 3.8) is 0 Å². The first kappa shape index (κ1) is 21.8. The Morgan fingerprint density at radius 2 is 1.80 bits per heavy atom. The summed E-state index contributed by atoms with van der Waals surface area (Å²) in [6.45, 7) is -0.150. The predicted molar refractivity (Wildman–Crippen MR) is 108 cm³/mol. The highest BCUT2D eigenvalue weighted by atomic mass is 79.9. The molecule has 0 radical (unpaired) electrons. The number of anilines is 2. The van der Waals surface area contributed by atoms with Gasteiger partial charge in [-0.25, -0.2) is 4.98 Å². The van der Waals surface area contributed by atoms with E-state index in [4.69, 9.17) is 11.6 Å². The van der Waals surface area contributed by atoms with Crippen LogP contribution in [0.3, 0.4) is 0 Å². The van der Waals surface area contributed by atoms with E-state index >= 15 is 0 Å². The van der Waals surface area contributed by atoms with E-state index in [0.717, 1.165) is 4.57 Å². The molecular weight excluding hydrogens is 493 g/mol. The van der Waals surface area contributed by atoms with Gasteiger partial charge < -0.3 is 5.32 Å². The van der Waals surface area contributed by atoms with Crippen molar-refractivity contribution in [3.8, 4) is 0 Å². The Balaban J connectivity index is 2.18. The number of rotatable bonds is 5. The van der Waals surface area contributed by atoms with Gasteiger partial charge in [0.25, 0.3) is 11.2 Å². The fourth-order valence-electron chi connectivity index (χ4n) is 2.59. The SMILES string of the molecule is O=c1c(Br)c(C(F)(F)F)nc(Nc2ccccc2[N+](=O)[O-])n1Cc1ccc(Cl)cc1. The molecular formula is C18H11BrClF3N4O3. The van der Waals surface area contributed by atoms with Crippen molar-refractivity contribution in [1.82, 2.24) is 9.55 Å². The van der Waals surface area contributed by atoms with Crippen LogP contribution in [-0.4, -0.2) is 14.5 Å². The fourth-order valence-corrected chi connectivity index (χ4v) is 3.25. The first-order valence-corrected chi connectivity index (χ1v) is 9.37. The van der Waals surface area contributed by atoms with E-state index in [1.807, 2.05) is 0 Å². The van der Waals surface area contributed by atoms with Gasteiger partial charge in [-0.05, 0) is 39.7 Å². The molecule has 156 valence electrons. The average Bonchev–Trinajstić information content (AvgIpc) is 2.68. The molecule has 3 aromatic rings. The van der Waals surface area contributed by atoms with E-state index in [1.54, 1.807) is 24.3 Å². The van der Waals surface area contributed by atoms with Crippen molar-refractivity contribution in [2.75, 3.05) is 5.32 Å². The molecule has 0 amide bonds. The van der Waals surface area contributed by atoms with Gasteiger partial charge in [0.2, 0.25) is 5.95 Å². The van der Waals surface area contributed by atoms with E-state index in [2.05, 4.69) is 26.2 Å². The van der Waals surface area contributed by atoms with Crippen LogP contribution in [0.2, 0.25) is 5.02 Å². The lowest BCUT2D eigenvalue weighted by Gasteiger charge is -2.17. The molecule has 1 heterocycles. The van der Waals surface area contributed by atoms with Crippen LogP contribution in [0.4, 0.5) is 30.5 Å². The molecule has 0 saturated heterocycles. The van der Waals surface area contributed by atoms with Gasteiger partial charge in [0, 0.05) is 11.1 Å². The third kappa shape index (κ3) is 4.62. The van der Waals surface area contributed by atoms with Crippen LogP contribution in [0.5, 0.6) is 0 Å². The Morgan fingerprint density at radius 3 is 2.40 bits per heavy atom. The van der Waals surface area contributed by atoms with Crippen LogP contribution in [-0.2, 0) is 12.7 Å². The zero-order valence-corrected chi connectivity index (χ0v) is 17.1. The van der Waals surface area contributed by atoms with Crippen molar-refractivity contribution in [1.29, 1.82) is 0 Å². The Labute approximate surface area is 180 Å². The Hall–Kier alpha value is -2.92. The van der Waals surface area contributed by atoms with E-state index in [0.29, 0.717) is 10.6 Å². The van der Waals surface area contributed by atoms with Gasteiger partial charge in [0.05, 0.1) is 11.5 Å². The first-order chi connectivity index (χ1) is 14.1. The Morgan fingerprint density at radius 1 is 1.17 bits per heavy atom. The summed E-state index contributed by atoms with van der Waals surface area (Å²) in [5.74, 6) is -0.500. The maximum Gasteiger partial charge on any atom is 0.434 e. The molecule has 1 aromatic heterocycles. The standard InChI is InChI=1S/C18H11BrClF3N4O3/c19-14-15(18(21,22)23)25-17(24-12-3-1-2-4-13(12)27(29)30)26(16(14)28)9-10-5-7-11(20)8-6-10/h1-8H,9H2,(H,24,25). The van der Waals surface area contributed by atoms with Crippen LogP contribution in [0, 0.1) is 10.1 Å². The summed E-state index contributed by atoms with van der Waals surface area (Å²) in [6, 6.07) is 11.6. The van der Waals surface area contributed by atoms with Crippen molar-refractivity contribution in [2.45, 2.75) is 12.7 Å². The third-order valence-corrected chi connectivity index (χ3v) is 4.95. The van der Waals surface area contributed by atoms with E-state index in [-0.39, 0.29) is 17.9 Å². The molecule has 0 atom stereocenters. The van der Waals surface area contributed by atoms with Gasteiger partial charge in [0.1, 0.15) is 10.2 Å². The molecule has 0 aliphatic rings. The maximum atomic E-state index is 13.4. The van der Waals surface area contributed by atoms with Crippen LogP contribution >= 0.6 is 27.5 Å². The lowest BCUT2D eigenvalue weighted by Crippen LogP contribution is -2.29. The van der Waals surface area contributed by atoms with E-state index in [1.165, 1.54) is 24.3 Å². The summed E-state index contributed by atoms with van der Waals surface area (Å²) < 4.78 is 40.3. The molecule has 0 aliphatic heterocycles. The molecule has 0 bridgehead atoms. The average molecular weight is 504 g/mol. The number of hydrogen-bond donors (Lipinski definition) is 1. The van der Waals surface area contributed by atoms with Crippen LogP contribution in [0.15, 0.2) is 57.8 Å². The van der Waals surface area contributed by atoms with Crippen molar-refractivity contribution in [2.24, 2.45) is 0 Å². The van der Waals surface area contributed by atoms with Gasteiger partial charge >= 0.3 is 6.18 Å². The lowest BCUT2D eigenvalue weighted by atomic mass is 10.2. The van der Waals surface area contributed by atoms with Gasteiger partial charge in [-0.15, -0.1) is 0 Å². The first-order valence-electron chi connectivity index (χ1n) is 8.20. The number of nitro benzene ring substituents is 1. The molecule has 1 N–H and O–H groups in total. The number of alkyl halides is 3. The third-order valence-electron chi connectivity index (χ3n) is 3.98. The molecule has 0 saturated carbocycles. The van der Waals surface area contributed by atoms with Crippen LogP contribution in [0.1, 0.15) is 11.3 Å². The summed E-state index contributed by atoms with van der Waals surface area (Å²) in [5, 5.41) is 14.2. The number of hydrogen-bond acceptors (Lipinski definition) is 5. The molecule has 2 aromatic carbocycles. The molecule has 0 fully saturated rings.